The zero-order valence-corrected chi connectivity index (χ0v) is 18.5. The van der Waals surface area contributed by atoms with Crippen LogP contribution in [0.25, 0.3) is 5.82 Å². The molecule has 0 aliphatic carbocycles. The van der Waals surface area contributed by atoms with E-state index in [2.05, 4.69) is 26.3 Å². The largest absolute Gasteiger partial charge is 0.348 e. The van der Waals surface area contributed by atoms with Crippen LogP contribution in [0, 0.1) is 13.8 Å². The van der Waals surface area contributed by atoms with E-state index in [0.717, 1.165) is 22.0 Å². The highest BCUT2D eigenvalue weighted by Gasteiger charge is 2.18. The molecule has 2 heterocycles. The van der Waals surface area contributed by atoms with Crippen LogP contribution in [0.4, 0.5) is 0 Å². The van der Waals surface area contributed by atoms with Crippen molar-refractivity contribution in [2.45, 2.75) is 25.3 Å². The minimum Gasteiger partial charge on any atom is -0.348 e. The van der Waals surface area contributed by atoms with Crippen LogP contribution in [0.3, 0.4) is 0 Å². The van der Waals surface area contributed by atoms with E-state index in [1.165, 1.54) is 0 Å². The van der Waals surface area contributed by atoms with Crippen LogP contribution in [0.1, 0.15) is 27.3 Å². The Balaban J connectivity index is 1.91. The van der Waals surface area contributed by atoms with Gasteiger partial charge in [-0.2, -0.15) is 5.10 Å². The standard InChI is InChI=1S/C20H21BrN4O2S/c1-12-9-17(24(3)23-12)25-11-16(19(26)18(21)13(25)2)20(27)22-10-14-5-7-15(28-4)8-6-14/h5-9,11H,10H2,1-4H3,(H,22,27). The zero-order valence-electron chi connectivity index (χ0n) is 16.1. The fourth-order valence-electron chi connectivity index (χ4n) is 2.92. The third-order valence-corrected chi connectivity index (χ3v) is 6.14. The molecule has 0 saturated carbocycles. The molecule has 146 valence electrons. The molecule has 0 aliphatic rings. The molecule has 0 bridgehead atoms. The van der Waals surface area contributed by atoms with Crippen molar-refractivity contribution in [1.82, 2.24) is 19.7 Å². The lowest BCUT2D eigenvalue weighted by Crippen LogP contribution is -2.30. The van der Waals surface area contributed by atoms with Gasteiger partial charge >= 0.3 is 0 Å². The van der Waals surface area contributed by atoms with Gasteiger partial charge in [0.2, 0.25) is 5.43 Å². The Hall–Kier alpha value is -2.32. The van der Waals surface area contributed by atoms with E-state index in [1.807, 2.05) is 57.5 Å². The maximum Gasteiger partial charge on any atom is 0.257 e. The topological polar surface area (TPSA) is 68.9 Å². The lowest BCUT2D eigenvalue weighted by Gasteiger charge is -2.14. The number of nitrogens with zero attached hydrogens (tertiary/aromatic N) is 3. The lowest BCUT2D eigenvalue weighted by molar-refractivity contribution is 0.0949. The number of thioether (sulfide) groups is 1. The van der Waals surface area contributed by atoms with Crippen molar-refractivity contribution in [3.8, 4) is 5.82 Å². The van der Waals surface area contributed by atoms with E-state index in [1.54, 1.807) is 27.2 Å². The average Bonchev–Trinajstić information content (AvgIpc) is 3.02. The summed E-state index contributed by atoms with van der Waals surface area (Å²) in [6.07, 6.45) is 3.59. The Morgan fingerprint density at radius 1 is 1.25 bits per heavy atom. The maximum atomic E-state index is 12.7. The van der Waals surface area contributed by atoms with Crippen molar-refractivity contribution >= 4 is 33.6 Å². The summed E-state index contributed by atoms with van der Waals surface area (Å²) in [5.41, 5.74) is 2.28. The zero-order chi connectivity index (χ0) is 20.4. The number of halogens is 1. The molecule has 0 atom stereocenters. The average molecular weight is 461 g/mol. The summed E-state index contributed by atoms with van der Waals surface area (Å²) >= 11 is 5.01. The molecular weight excluding hydrogens is 440 g/mol. The highest BCUT2D eigenvalue weighted by molar-refractivity contribution is 9.10. The van der Waals surface area contributed by atoms with Gasteiger partial charge in [-0.05, 0) is 53.7 Å². The highest BCUT2D eigenvalue weighted by Crippen LogP contribution is 2.19. The first-order valence-corrected chi connectivity index (χ1v) is 10.7. The Labute approximate surface area is 176 Å². The Morgan fingerprint density at radius 2 is 1.93 bits per heavy atom. The van der Waals surface area contributed by atoms with E-state index >= 15 is 0 Å². The summed E-state index contributed by atoms with van der Waals surface area (Å²) in [5.74, 6) is 0.365. The summed E-state index contributed by atoms with van der Waals surface area (Å²) in [5, 5.41) is 7.18. The van der Waals surface area contributed by atoms with Crippen molar-refractivity contribution < 1.29 is 4.79 Å². The smallest absolute Gasteiger partial charge is 0.257 e. The van der Waals surface area contributed by atoms with Crippen LogP contribution < -0.4 is 10.7 Å². The van der Waals surface area contributed by atoms with E-state index in [-0.39, 0.29) is 11.0 Å². The van der Waals surface area contributed by atoms with Crippen LogP contribution >= 0.6 is 27.7 Å². The Kier molecular flexibility index (Phi) is 6.10. The molecule has 8 heteroatoms. The molecule has 2 aromatic heterocycles. The number of aromatic nitrogens is 3. The van der Waals surface area contributed by atoms with E-state index in [9.17, 15) is 9.59 Å². The second-order valence-corrected chi connectivity index (χ2v) is 8.11. The Bertz CT molecular complexity index is 1090. The molecule has 1 amide bonds. The van der Waals surface area contributed by atoms with Gasteiger partial charge in [0.25, 0.3) is 5.91 Å². The van der Waals surface area contributed by atoms with E-state index in [4.69, 9.17) is 0 Å². The molecular formula is C20H21BrN4O2S. The fourth-order valence-corrected chi connectivity index (χ4v) is 3.73. The molecule has 0 radical (unpaired) electrons. The number of carbonyl (C=O) groups excluding carboxylic acids is 1. The number of rotatable bonds is 5. The number of nitrogens with one attached hydrogen (secondary N) is 1. The molecule has 0 fully saturated rings. The number of aryl methyl sites for hydroxylation is 2. The van der Waals surface area contributed by atoms with Crippen molar-refractivity contribution in [3.05, 3.63) is 73.7 Å². The maximum absolute atomic E-state index is 12.7. The third-order valence-electron chi connectivity index (χ3n) is 4.46. The minimum absolute atomic E-state index is 0.0806. The molecule has 0 unspecified atom stereocenters. The van der Waals surface area contributed by atoms with Crippen LogP contribution in [0.15, 0.2) is 50.7 Å². The third kappa shape index (κ3) is 4.07. The predicted octanol–water partition coefficient (Wildman–Crippen LogP) is 3.60. The van der Waals surface area contributed by atoms with Crippen molar-refractivity contribution in [2.24, 2.45) is 7.05 Å². The number of amides is 1. The Morgan fingerprint density at radius 3 is 2.50 bits per heavy atom. The first kappa shape index (κ1) is 20.4. The SMILES string of the molecule is CSc1ccc(CNC(=O)c2cn(-c3cc(C)nn3C)c(C)c(Br)c2=O)cc1. The molecule has 0 aliphatic heterocycles. The highest BCUT2D eigenvalue weighted by atomic mass is 79.9. The van der Waals surface area contributed by atoms with Crippen LogP contribution in [-0.4, -0.2) is 26.5 Å². The van der Waals surface area contributed by atoms with Gasteiger partial charge in [0.1, 0.15) is 11.4 Å². The van der Waals surface area contributed by atoms with Gasteiger partial charge in [0.05, 0.1) is 10.2 Å². The van der Waals surface area contributed by atoms with Crippen molar-refractivity contribution in [2.75, 3.05) is 6.26 Å². The molecule has 6 nitrogen and oxygen atoms in total. The van der Waals surface area contributed by atoms with Gasteiger partial charge in [-0.1, -0.05) is 12.1 Å². The lowest BCUT2D eigenvalue weighted by atomic mass is 10.2. The number of hydrogen-bond donors (Lipinski definition) is 1. The van der Waals surface area contributed by atoms with Gasteiger partial charge < -0.3 is 9.88 Å². The normalized spacial score (nSPS) is 10.9. The number of benzene rings is 1. The molecule has 0 saturated heterocycles. The number of carbonyl (C=O) groups is 1. The summed E-state index contributed by atoms with van der Waals surface area (Å²) in [6, 6.07) is 9.85. The van der Waals surface area contributed by atoms with Crippen molar-refractivity contribution in [1.29, 1.82) is 0 Å². The number of hydrogen-bond acceptors (Lipinski definition) is 4. The molecule has 28 heavy (non-hydrogen) atoms. The summed E-state index contributed by atoms with van der Waals surface area (Å²) < 4.78 is 3.88. The molecule has 3 rings (SSSR count). The second kappa shape index (κ2) is 8.36. The van der Waals surface area contributed by atoms with Gasteiger partial charge in [-0.15, -0.1) is 11.8 Å². The quantitative estimate of drug-likeness (QED) is 0.590. The number of pyridine rings is 1. The van der Waals surface area contributed by atoms with Crippen LogP contribution in [-0.2, 0) is 13.6 Å². The first-order chi connectivity index (χ1) is 13.3. The van der Waals surface area contributed by atoms with Gasteiger partial charge in [0.15, 0.2) is 0 Å². The second-order valence-electron chi connectivity index (χ2n) is 6.44. The van der Waals surface area contributed by atoms with Gasteiger partial charge in [0, 0.05) is 36.4 Å². The first-order valence-electron chi connectivity index (χ1n) is 8.65. The molecule has 3 aromatic rings. The van der Waals surface area contributed by atoms with Crippen LogP contribution in [0.2, 0.25) is 0 Å². The fraction of sp³-hybridized carbons (Fsp3) is 0.250. The van der Waals surface area contributed by atoms with E-state index in [0.29, 0.717) is 16.7 Å². The summed E-state index contributed by atoms with van der Waals surface area (Å²) in [7, 11) is 1.83. The van der Waals surface area contributed by atoms with Gasteiger partial charge in [-0.3, -0.25) is 14.3 Å². The molecule has 0 spiro atoms. The predicted molar refractivity (Wildman–Crippen MR) is 115 cm³/mol. The van der Waals surface area contributed by atoms with Gasteiger partial charge in [-0.25, -0.2) is 0 Å². The monoisotopic (exact) mass is 460 g/mol. The minimum atomic E-state index is -0.410. The molecule has 1 N–H and O–H groups in total. The van der Waals surface area contributed by atoms with E-state index < -0.39 is 5.91 Å². The molecule has 1 aromatic carbocycles. The summed E-state index contributed by atoms with van der Waals surface area (Å²) in [6.45, 7) is 4.07. The van der Waals surface area contributed by atoms with Crippen LogP contribution in [0.5, 0.6) is 0 Å². The summed E-state index contributed by atoms with van der Waals surface area (Å²) in [4.78, 5) is 26.5. The van der Waals surface area contributed by atoms with Crippen molar-refractivity contribution in [3.63, 3.8) is 0 Å².